The van der Waals surface area contributed by atoms with Crippen molar-refractivity contribution >= 4 is 70.7 Å². The fourth-order valence-electron chi connectivity index (χ4n) is 8.69. The third kappa shape index (κ3) is 18.1. The van der Waals surface area contributed by atoms with Crippen LogP contribution >= 0.6 is 0 Å². The second-order valence-corrected chi connectivity index (χ2v) is 22.8. The van der Waals surface area contributed by atoms with E-state index in [1.807, 2.05) is 0 Å². The minimum absolute atomic E-state index is 0.0371. The molecule has 370 valence electrons. The molecule has 0 fully saturated rings. The van der Waals surface area contributed by atoms with E-state index >= 15 is 0 Å². The van der Waals surface area contributed by atoms with E-state index in [9.17, 15) is 16.9 Å². The fraction of sp³-hybridized carbons (Fsp3) is 0.463. The van der Waals surface area contributed by atoms with Crippen molar-refractivity contribution in [2.75, 3.05) is 76.9 Å². The molecule has 6 nitrogen and oxygen atoms in total. The molecule has 0 aliphatic heterocycles. The van der Waals surface area contributed by atoms with Gasteiger partial charge in [0.25, 0.3) is 0 Å². The number of hydrogen-bond acceptors (Lipinski definition) is 5. The number of nitrogens with zero attached hydrogens (tertiary/aromatic N) is 6. The second kappa shape index (κ2) is 25.2. The van der Waals surface area contributed by atoms with Crippen molar-refractivity contribution in [3.05, 3.63) is 121 Å². The molecule has 0 saturated carbocycles. The van der Waals surface area contributed by atoms with Crippen LogP contribution in [-0.2, 0) is 0 Å². The average molecular weight is 1050 g/mol. The SMILES string of the molecule is CCCN(CCC)c1ccc(N(c2ccc(N(CCC)CCC)cc2)C2C=CC(=[N+](c3ccc(N(CCC)CCC)cc3)c3ccc(N(CCC)CCC)cc3)C=C2)cc1.[F][Sb-]([F])([F])([F])([F])[F]. The first-order valence-corrected chi connectivity index (χ1v) is 30.5. The summed E-state index contributed by atoms with van der Waals surface area (Å²) in [5, 5.41) is 0. The molecule has 0 radical (unpaired) electrons. The summed E-state index contributed by atoms with van der Waals surface area (Å²) < 4.78 is 62.0. The molecule has 0 atom stereocenters. The van der Waals surface area contributed by atoms with Gasteiger partial charge in [-0.1, -0.05) is 67.5 Å². The van der Waals surface area contributed by atoms with Gasteiger partial charge in [0.1, 0.15) is 0 Å². The van der Waals surface area contributed by atoms with Crippen LogP contribution in [0.15, 0.2) is 121 Å². The van der Waals surface area contributed by atoms with Crippen molar-refractivity contribution in [2.45, 2.75) is 113 Å². The van der Waals surface area contributed by atoms with Crippen molar-refractivity contribution in [2.24, 2.45) is 0 Å². The third-order valence-corrected chi connectivity index (χ3v) is 11.4. The van der Waals surface area contributed by atoms with Gasteiger partial charge in [-0.25, -0.2) is 0 Å². The summed E-state index contributed by atoms with van der Waals surface area (Å²) in [6, 6.07) is 37.0. The van der Waals surface area contributed by atoms with Crippen LogP contribution in [-0.4, -0.2) is 83.6 Å². The summed E-state index contributed by atoms with van der Waals surface area (Å²) in [6.45, 7) is 26.7. The summed E-state index contributed by atoms with van der Waals surface area (Å²) in [5.74, 6) is 0. The van der Waals surface area contributed by atoms with Crippen LogP contribution in [0.5, 0.6) is 0 Å². The van der Waals surface area contributed by atoms with Crippen LogP contribution in [0.2, 0.25) is 0 Å². The Labute approximate surface area is 401 Å². The standard InChI is InChI=1S/C54H77N6.6FH.Sb/c1-9-37-55(38-10-2)45-17-25-49(26-18-45)59(50-27-19-46(20-28-50)56(39-11-3)40-12-4)53-33-35-54(36-34-53)60(51-29-21-47(22-30-51)57(41-13-5)42-14-6)52-31-23-48(24-32-52)58(43-15-7)44-16-8;;;;;;;/h17-36,53H,9-16,37-44H2,1-8H3;6*1H;/q+1;;;;;;;+5/p-6. The van der Waals surface area contributed by atoms with E-state index in [0.29, 0.717) is 0 Å². The van der Waals surface area contributed by atoms with E-state index in [2.05, 4.69) is 206 Å². The van der Waals surface area contributed by atoms with Crippen molar-refractivity contribution in [1.29, 1.82) is 0 Å². The second-order valence-electron chi connectivity index (χ2n) is 17.3. The fourth-order valence-corrected chi connectivity index (χ4v) is 8.69. The predicted octanol–water partition coefficient (Wildman–Crippen LogP) is 15.9. The van der Waals surface area contributed by atoms with Gasteiger partial charge in [-0.3, -0.25) is 0 Å². The molecule has 0 amide bonds. The van der Waals surface area contributed by atoms with E-state index in [1.54, 1.807) is 0 Å². The van der Waals surface area contributed by atoms with Crippen molar-refractivity contribution in [3.8, 4) is 0 Å². The zero-order valence-corrected chi connectivity index (χ0v) is 43.9. The van der Waals surface area contributed by atoms with Crippen LogP contribution in [0, 0.1) is 0 Å². The Morgan fingerprint density at radius 3 is 0.791 bits per heavy atom. The molecule has 5 rings (SSSR count). The number of anilines is 6. The molecule has 0 saturated heterocycles. The molecule has 0 heterocycles. The topological polar surface area (TPSA) is 19.2 Å². The van der Waals surface area contributed by atoms with Crippen LogP contribution in [0.25, 0.3) is 0 Å². The molecule has 0 N–H and O–H groups in total. The molecule has 0 bridgehead atoms. The molecule has 1 aliphatic rings. The van der Waals surface area contributed by atoms with Gasteiger partial charge in [0.15, 0.2) is 0 Å². The maximum atomic E-state index is 9.93. The Morgan fingerprint density at radius 2 is 0.567 bits per heavy atom. The van der Waals surface area contributed by atoms with Gasteiger partial charge >= 0.3 is 36.4 Å². The van der Waals surface area contributed by atoms with Gasteiger partial charge in [0, 0.05) is 123 Å². The van der Waals surface area contributed by atoms with Crippen molar-refractivity contribution < 1.29 is 16.9 Å². The first kappa shape index (κ1) is 55.0. The van der Waals surface area contributed by atoms with Gasteiger partial charge in [-0.2, -0.15) is 4.58 Å². The van der Waals surface area contributed by atoms with Gasteiger partial charge < -0.3 is 24.5 Å². The van der Waals surface area contributed by atoms with E-state index < -0.39 is 19.5 Å². The summed E-state index contributed by atoms with van der Waals surface area (Å²) in [4.78, 5) is 12.6. The van der Waals surface area contributed by atoms with Crippen LogP contribution < -0.4 is 29.1 Å². The quantitative estimate of drug-likeness (QED) is 0.0373. The molecule has 0 unspecified atom stereocenters. The zero-order valence-electron chi connectivity index (χ0n) is 41.3. The van der Waals surface area contributed by atoms with E-state index in [-0.39, 0.29) is 6.04 Å². The third-order valence-electron chi connectivity index (χ3n) is 11.4. The Kier molecular flexibility index (Phi) is 20.7. The molecular formula is C54H77F6N6Sb. The Morgan fingerprint density at radius 1 is 0.358 bits per heavy atom. The summed E-state index contributed by atoms with van der Waals surface area (Å²) >= 11 is -11.2. The first-order chi connectivity index (χ1) is 31.9. The summed E-state index contributed by atoms with van der Waals surface area (Å²) in [7, 11) is 0. The van der Waals surface area contributed by atoms with Crippen LogP contribution in [0.4, 0.5) is 62.4 Å². The molecule has 4 aromatic carbocycles. The molecule has 0 aromatic heterocycles. The van der Waals surface area contributed by atoms with Gasteiger partial charge in [0.05, 0.1) is 6.04 Å². The van der Waals surface area contributed by atoms with Gasteiger partial charge in [-0.15, -0.1) is 0 Å². The number of hydrogen-bond donors (Lipinski definition) is 0. The zero-order chi connectivity index (χ0) is 49.1. The van der Waals surface area contributed by atoms with Crippen molar-refractivity contribution in [1.82, 2.24) is 4.58 Å². The Bertz CT molecular complexity index is 1990. The average Bonchev–Trinajstić information content (AvgIpc) is 3.29. The maximum absolute atomic E-state index is 11.2. The minimum atomic E-state index is -11.2. The van der Waals surface area contributed by atoms with Crippen LogP contribution in [0.3, 0.4) is 0 Å². The van der Waals surface area contributed by atoms with Gasteiger partial charge in [0.2, 0.25) is 17.1 Å². The van der Waals surface area contributed by atoms with Gasteiger partial charge in [-0.05, 0) is 124 Å². The number of rotatable bonds is 25. The first-order valence-electron chi connectivity index (χ1n) is 24.7. The summed E-state index contributed by atoms with van der Waals surface area (Å²) in [6.07, 6.45) is 18.5. The molecule has 67 heavy (non-hydrogen) atoms. The monoisotopic (exact) mass is 1040 g/mol. The molecule has 0 spiro atoms. The normalized spacial score (nSPS) is 14.4. The predicted molar refractivity (Wildman–Crippen MR) is 280 cm³/mol. The van der Waals surface area contributed by atoms with E-state index in [0.717, 1.165) is 121 Å². The van der Waals surface area contributed by atoms with Crippen LogP contribution in [0.1, 0.15) is 107 Å². The number of halogens is 6. The van der Waals surface area contributed by atoms with E-state index in [1.165, 1.54) is 34.1 Å². The Balaban J connectivity index is 0.00000129. The Hall–Kier alpha value is -4.57. The van der Waals surface area contributed by atoms with E-state index in [4.69, 9.17) is 0 Å². The molecule has 1 aliphatic carbocycles. The molecular weight excluding hydrogens is 968 g/mol. The summed E-state index contributed by atoms with van der Waals surface area (Å²) in [5.41, 5.74) is 11.0. The number of benzene rings is 4. The number of allylic oxidation sites excluding steroid dienone is 2. The molecule has 4 aromatic rings. The van der Waals surface area contributed by atoms with Crippen molar-refractivity contribution in [3.63, 3.8) is 0 Å². The molecule has 13 heteroatoms.